The summed E-state index contributed by atoms with van der Waals surface area (Å²) in [4.78, 5) is 13.4. The molecule has 86 valence electrons. The van der Waals surface area contributed by atoms with Crippen LogP contribution in [0.2, 0.25) is 0 Å². The highest BCUT2D eigenvalue weighted by atomic mass is 19.3. The van der Waals surface area contributed by atoms with Crippen LogP contribution in [0.3, 0.4) is 0 Å². The van der Waals surface area contributed by atoms with Gasteiger partial charge in [0.15, 0.2) is 0 Å². The number of carbonyl (C=O) groups is 1. The lowest BCUT2D eigenvalue weighted by Crippen LogP contribution is -2.42. The van der Waals surface area contributed by atoms with Gasteiger partial charge >= 0.3 is 0 Å². The monoisotopic (exact) mass is 225 g/mol. The molecular formula is C12H13F2NO. The molecule has 1 amide bonds. The van der Waals surface area contributed by atoms with Crippen molar-refractivity contribution in [2.24, 2.45) is 0 Å². The molecule has 0 spiro atoms. The van der Waals surface area contributed by atoms with Crippen LogP contribution < -0.4 is 0 Å². The Labute approximate surface area is 92.9 Å². The van der Waals surface area contributed by atoms with Gasteiger partial charge in [-0.1, -0.05) is 18.2 Å². The summed E-state index contributed by atoms with van der Waals surface area (Å²) in [6.07, 6.45) is -0.461. The maximum Gasteiger partial charge on any atom is 0.253 e. The Balaban J connectivity index is 2.03. The lowest BCUT2D eigenvalue weighted by Gasteiger charge is -2.31. The fourth-order valence-corrected chi connectivity index (χ4v) is 1.80. The van der Waals surface area contributed by atoms with Crippen molar-refractivity contribution < 1.29 is 13.6 Å². The molecule has 1 aliphatic heterocycles. The number of rotatable bonds is 1. The first-order valence-electron chi connectivity index (χ1n) is 5.31. The van der Waals surface area contributed by atoms with Gasteiger partial charge in [0.25, 0.3) is 11.8 Å². The molecule has 2 nitrogen and oxygen atoms in total. The highest BCUT2D eigenvalue weighted by Gasteiger charge is 2.35. The smallest absolute Gasteiger partial charge is 0.253 e. The largest absolute Gasteiger partial charge is 0.338 e. The van der Waals surface area contributed by atoms with E-state index in [0.717, 1.165) is 0 Å². The number of benzene rings is 1. The van der Waals surface area contributed by atoms with Crippen LogP contribution in [0, 0.1) is 0 Å². The van der Waals surface area contributed by atoms with Gasteiger partial charge in [-0.05, 0) is 12.1 Å². The Morgan fingerprint density at radius 1 is 1.12 bits per heavy atom. The van der Waals surface area contributed by atoms with Crippen LogP contribution in [-0.4, -0.2) is 29.8 Å². The van der Waals surface area contributed by atoms with Crippen LogP contribution in [0.1, 0.15) is 23.2 Å². The molecule has 1 fully saturated rings. The molecule has 16 heavy (non-hydrogen) atoms. The number of halogens is 2. The molecule has 0 bridgehead atoms. The molecule has 2 rings (SSSR count). The maximum absolute atomic E-state index is 12.9. The van der Waals surface area contributed by atoms with Crippen molar-refractivity contribution in [3.63, 3.8) is 0 Å². The Bertz CT molecular complexity index is 368. The second-order valence-corrected chi connectivity index (χ2v) is 4.01. The summed E-state index contributed by atoms with van der Waals surface area (Å²) < 4.78 is 25.8. The normalized spacial score (nSPS) is 19.5. The van der Waals surface area contributed by atoms with Crippen molar-refractivity contribution in [1.82, 2.24) is 4.90 Å². The van der Waals surface area contributed by atoms with E-state index in [-0.39, 0.29) is 31.8 Å². The molecule has 0 aliphatic carbocycles. The first-order chi connectivity index (χ1) is 7.58. The van der Waals surface area contributed by atoms with Gasteiger partial charge in [0.1, 0.15) is 0 Å². The molecular weight excluding hydrogens is 212 g/mol. The third-order valence-corrected chi connectivity index (χ3v) is 2.80. The Hall–Kier alpha value is -1.45. The topological polar surface area (TPSA) is 20.3 Å². The van der Waals surface area contributed by atoms with E-state index in [1.165, 1.54) is 4.90 Å². The zero-order chi connectivity index (χ0) is 11.6. The van der Waals surface area contributed by atoms with Gasteiger partial charge in [-0.2, -0.15) is 0 Å². The van der Waals surface area contributed by atoms with Crippen LogP contribution in [0.15, 0.2) is 30.3 Å². The van der Waals surface area contributed by atoms with Crippen molar-refractivity contribution in [1.29, 1.82) is 0 Å². The van der Waals surface area contributed by atoms with Crippen molar-refractivity contribution in [3.8, 4) is 0 Å². The summed E-state index contributed by atoms with van der Waals surface area (Å²) in [7, 11) is 0. The average molecular weight is 225 g/mol. The van der Waals surface area contributed by atoms with Crippen molar-refractivity contribution in [2.75, 3.05) is 13.1 Å². The predicted octanol–water partition coefficient (Wildman–Crippen LogP) is 2.56. The third-order valence-electron chi connectivity index (χ3n) is 2.80. The second kappa shape index (κ2) is 4.20. The Kier molecular flexibility index (Phi) is 2.90. The molecule has 1 saturated heterocycles. The van der Waals surface area contributed by atoms with Crippen molar-refractivity contribution in [2.45, 2.75) is 18.8 Å². The third kappa shape index (κ3) is 2.38. The zero-order valence-electron chi connectivity index (χ0n) is 8.83. The highest BCUT2D eigenvalue weighted by Crippen LogP contribution is 2.28. The SMILES string of the molecule is O=C(c1ccccc1)N1CCC(F)(F)CC1. The first-order valence-corrected chi connectivity index (χ1v) is 5.31. The molecule has 1 aliphatic rings. The van der Waals surface area contributed by atoms with E-state index in [2.05, 4.69) is 0 Å². The molecule has 0 N–H and O–H groups in total. The van der Waals surface area contributed by atoms with Crippen molar-refractivity contribution in [3.05, 3.63) is 35.9 Å². The van der Waals surface area contributed by atoms with E-state index in [0.29, 0.717) is 5.56 Å². The number of hydrogen-bond donors (Lipinski definition) is 0. The zero-order valence-corrected chi connectivity index (χ0v) is 8.83. The minimum Gasteiger partial charge on any atom is -0.338 e. The number of hydrogen-bond acceptors (Lipinski definition) is 1. The molecule has 4 heteroatoms. The van der Waals surface area contributed by atoms with Gasteiger partial charge in [0.2, 0.25) is 0 Å². The first kappa shape index (κ1) is 11.0. The number of likely N-dealkylation sites (tertiary alicyclic amines) is 1. The van der Waals surface area contributed by atoms with Gasteiger partial charge in [0.05, 0.1) is 0 Å². The summed E-state index contributed by atoms with van der Waals surface area (Å²) in [5.74, 6) is -2.76. The lowest BCUT2D eigenvalue weighted by molar-refractivity contribution is -0.0494. The Morgan fingerprint density at radius 3 is 2.25 bits per heavy atom. The standard InChI is InChI=1S/C12H13F2NO/c13-12(14)6-8-15(9-7-12)11(16)10-4-2-1-3-5-10/h1-5H,6-9H2. The summed E-state index contributed by atoms with van der Waals surface area (Å²) in [6, 6.07) is 8.77. The molecule has 0 radical (unpaired) electrons. The van der Waals surface area contributed by atoms with Gasteiger partial charge in [-0.3, -0.25) is 4.79 Å². The maximum atomic E-state index is 12.9. The van der Waals surface area contributed by atoms with Gasteiger partial charge in [-0.15, -0.1) is 0 Å². The average Bonchev–Trinajstić information content (AvgIpc) is 2.29. The lowest BCUT2D eigenvalue weighted by atomic mass is 10.1. The molecule has 1 heterocycles. The number of nitrogens with zero attached hydrogens (tertiary/aromatic N) is 1. The summed E-state index contributed by atoms with van der Waals surface area (Å²) in [6.45, 7) is 0.279. The highest BCUT2D eigenvalue weighted by molar-refractivity contribution is 5.94. The molecule has 1 aromatic rings. The fourth-order valence-electron chi connectivity index (χ4n) is 1.80. The number of piperidine rings is 1. The molecule has 0 atom stereocenters. The quantitative estimate of drug-likeness (QED) is 0.719. The van der Waals surface area contributed by atoms with Gasteiger partial charge < -0.3 is 4.90 Å². The van der Waals surface area contributed by atoms with Crippen LogP contribution >= 0.6 is 0 Å². The fraction of sp³-hybridized carbons (Fsp3) is 0.417. The van der Waals surface area contributed by atoms with E-state index in [9.17, 15) is 13.6 Å². The minimum absolute atomic E-state index is 0.140. The predicted molar refractivity (Wildman–Crippen MR) is 56.5 cm³/mol. The molecule has 0 saturated carbocycles. The molecule has 0 aromatic heterocycles. The van der Waals surface area contributed by atoms with Gasteiger partial charge in [-0.25, -0.2) is 8.78 Å². The van der Waals surface area contributed by atoms with Gasteiger partial charge in [0, 0.05) is 31.5 Å². The van der Waals surface area contributed by atoms with E-state index in [1.54, 1.807) is 24.3 Å². The van der Waals surface area contributed by atoms with Crippen LogP contribution in [0.4, 0.5) is 8.78 Å². The van der Waals surface area contributed by atoms with Crippen LogP contribution in [0.5, 0.6) is 0 Å². The van der Waals surface area contributed by atoms with Crippen LogP contribution in [0.25, 0.3) is 0 Å². The van der Waals surface area contributed by atoms with E-state index >= 15 is 0 Å². The van der Waals surface area contributed by atoms with E-state index in [4.69, 9.17) is 0 Å². The second-order valence-electron chi connectivity index (χ2n) is 4.01. The number of alkyl halides is 2. The molecule has 0 unspecified atom stereocenters. The Morgan fingerprint density at radius 2 is 1.69 bits per heavy atom. The van der Waals surface area contributed by atoms with E-state index < -0.39 is 5.92 Å². The number of amides is 1. The summed E-state index contributed by atoms with van der Waals surface area (Å²) >= 11 is 0. The van der Waals surface area contributed by atoms with E-state index in [1.807, 2.05) is 6.07 Å². The minimum atomic E-state index is -2.60. The molecule has 1 aromatic carbocycles. The number of carbonyl (C=O) groups excluding carboxylic acids is 1. The summed E-state index contributed by atoms with van der Waals surface area (Å²) in [5.41, 5.74) is 0.563. The van der Waals surface area contributed by atoms with Crippen molar-refractivity contribution >= 4 is 5.91 Å². The summed E-state index contributed by atoms with van der Waals surface area (Å²) in [5, 5.41) is 0. The van der Waals surface area contributed by atoms with Crippen LogP contribution in [-0.2, 0) is 0 Å².